The van der Waals surface area contributed by atoms with Crippen LogP contribution in [0.1, 0.15) is 57.2 Å². The molecule has 4 rings (SSSR count). The van der Waals surface area contributed by atoms with Gasteiger partial charge in [0.1, 0.15) is 11.4 Å². The molecule has 1 atom stereocenters. The highest BCUT2D eigenvalue weighted by Crippen LogP contribution is 2.33. The van der Waals surface area contributed by atoms with E-state index < -0.39 is 23.5 Å². The van der Waals surface area contributed by atoms with Gasteiger partial charge < -0.3 is 15.0 Å². The smallest absolute Gasteiger partial charge is 0.413 e. The number of piperidine rings is 1. The van der Waals surface area contributed by atoms with Gasteiger partial charge in [0.2, 0.25) is 0 Å². The monoisotopic (exact) mass is 495 g/mol. The highest BCUT2D eigenvalue weighted by Gasteiger charge is 2.32. The molecule has 3 amide bonds. The van der Waals surface area contributed by atoms with E-state index in [0.717, 1.165) is 35.0 Å². The summed E-state index contributed by atoms with van der Waals surface area (Å²) in [6.45, 7) is 7.58. The number of nitrogens with zero attached hydrogens (tertiary/aromatic N) is 3. The number of thiazole rings is 1. The van der Waals surface area contributed by atoms with Crippen LogP contribution in [-0.4, -0.2) is 44.9 Å². The van der Waals surface area contributed by atoms with Crippen molar-refractivity contribution in [1.82, 2.24) is 14.9 Å². The van der Waals surface area contributed by atoms with Crippen molar-refractivity contribution in [3.63, 3.8) is 0 Å². The Kier molecular flexibility index (Phi) is 7.02. The van der Waals surface area contributed by atoms with Crippen molar-refractivity contribution in [3.05, 3.63) is 47.1 Å². The van der Waals surface area contributed by atoms with E-state index in [9.17, 15) is 14.4 Å². The number of ether oxygens (including phenoxy) is 1. The summed E-state index contributed by atoms with van der Waals surface area (Å²) in [7, 11) is 0. The fourth-order valence-corrected chi connectivity index (χ4v) is 4.81. The van der Waals surface area contributed by atoms with E-state index >= 15 is 0 Å². The molecule has 1 fully saturated rings. The summed E-state index contributed by atoms with van der Waals surface area (Å²) in [5, 5.41) is 5.24. The number of hydrogen-bond donors (Lipinski definition) is 2. The minimum absolute atomic E-state index is 0.159. The Labute approximate surface area is 207 Å². The van der Waals surface area contributed by atoms with Gasteiger partial charge in [0.05, 0.1) is 33.7 Å². The first-order valence-electron chi connectivity index (χ1n) is 11.5. The summed E-state index contributed by atoms with van der Waals surface area (Å²) in [6, 6.07) is 7.50. The third-order valence-electron chi connectivity index (χ3n) is 5.65. The number of carbonyl (C=O) groups excluding carboxylic acids is 3. The van der Waals surface area contributed by atoms with Gasteiger partial charge in [0.25, 0.3) is 0 Å². The van der Waals surface area contributed by atoms with Crippen molar-refractivity contribution in [2.45, 2.75) is 58.6 Å². The van der Waals surface area contributed by atoms with Gasteiger partial charge in [-0.1, -0.05) is 6.07 Å². The third-order valence-corrected chi connectivity index (χ3v) is 6.45. The highest BCUT2D eigenvalue weighted by atomic mass is 32.1. The summed E-state index contributed by atoms with van der Waals surface area (Å²) in [5.74, 6) is -0.976. The zero-order valence-electron chi connectivity index (χ0n) is 20.3. The first kappa shape index (κ1) is 24.6. The number of hydrogen-bond acceptors (Lipinski definition) is 7. The van der Waals surface area contributed by atoms with Crippen LogP contribution in [0.15, 0.2) is 36.0 Å². The average Bonchev–Trinajstić information content (AvgIpc) is 3.27. The van der Waals surface area contributed by atoms with E-state index in [1.807, 2.05) is 12.1 Å². The maximum atomic E-state index is 13.1. The fourth-order valence-electron chi connectivity index (χ4n) is 4.09. The van der Waals surface area contributed by atoms with E-state index in [4.69, 9.17) is 4.74 Å². The summed E-state index contributed by atoms with van der Waals surface area (Å²) in [4.78, 5) is 48.2. The Balaban J connectivity index is 1.44. The Morgan fingerprint density at radius 3 is 2.66 bits per heavy atom. The zero-order chi connectivity index (χ0) is 25.2. The molecule has 2 aromatic heterocycles. The molecule has 1 aromatic carbocycles. The van der Waals surface area contributed by atoms with E-state index in [0.29, 0.717) is 23.6 Å². The van der Waals surface area contributed by atoms with Crippen molar-refractivity contribution in [3.8, 4) is 0 Å². The van der Waals surface area contributed by atoms with Crippen molar-refractivity contribution >= 4 is 51.0 Å². The molecule has 0 aliphatic carbocycles. The molecule has 1 aliphatic heterocycles. The second-order valence-corrected chi connectivity index (χ2v) is 10.4. The van der Waals surface area contributed by atoms with Crippen LogP contribution in [0.25, 0.3) is 10.2 Å². The van der Waals surface area contributed by atoms with Crippen LogP contribution >= 0.6 is 11.3 Å². The van der Waals surface area contributed by atoms with Crippen LogP contribution in [0.2, 0.25) is 0 Å². The van der Waals surface area contributed by atoms with Crippen molar-refractivity contribution in [1.29, 1.82) is 0 Å². The molecule has 10 heteroatoms. The zero-order valence-corrected chi connectivity index (χ0v) is 21.1. The van der Waals surface area contributed by atoms with Crippen LogP contribution in [0.3, 0.4) is 0 Å². The lowest BCUT2D eigenvalue weighted by Gasteiger charge is -2.35. The SMILES string of the molecule is Cc1cc(NC(=O)C(=O)N2CCCC[C@H]2c2ccc3ncsc3c2)cnc1NC(=O)OC(C)(C)C. The molecule has 1 aliphatic rings. The number of aryl methyl sites for hydroxylation is 1. The molecule has 3 aromatic rings. The number of amides is 3. The standard InChI is InChI=1S/C25H29N5O4S/c1-15-11-17(13-26-21(15)29-24(33)34-25(2,3)4)28-22(31)23(32)30-10-6-5-7-19(30)16-8-9-18-20(12-16)35-14-27-18/h8-9,11-14,19H,5-7,10H2,1-4H3,(H,28,31)(H,26,29,33)/t19-/m0/s1. The van der Waals surface area contributed by atoms with Gasteiger partial charge in [-0.15, -0.1) is 11.3 Å². The minimum Gasteiger partial charge on any atom is -0.444 e. The lowest BCUT2D eigenvalue weighted by Crippen LogP contribution is -2.44. The highest BCUT2D eigenvalue weighted by molar-refractivity contribution is 7.16. The molecule has 1 saturated heterocycles. The van der Waals surface area contributed by atoms with Gasteiger partial charge in [-0.25, -0.2) is 14.8 Å². The van der Waals surface area contributed by atoms with Gasteiger partial charge in [0.15, 0.2) is 0 Å². The lowest BCUT2D eigenvalue weighted by molar-refractivity contribution is -0.145. The fraction of sp³-hybridized carbons (Fsp3) is 0.400. The molecule has 35 heavy (non-hydrogen) atoms. The first-order valence-corrected chi connectivity index (χ1v) is 12.4. The molecule has 0 saturated carbocycles. The second kappa shape index (κ2) is 9.99. The molecule has 0 bridgehead atoms. The van der Waals surface area contributed by atoms with Crippen molar-refractivity contribution in [2.75, 3.05) is 17.2 Å². The van der Waals surface area contributed by atoms with Gasteiger partial charge in [0, 0.05) is 6.54 Å². The van der Waals surface area contributed by atoms with E-state index in [2.05, 4.69) is 26.7 Å². The molecule has 0 unspecified atom stereocenters. The molecular formula is C25H29N5O4S. The Morgan fingerprint density at radius 2 is 1.91 bits per heavy atom. The van der Waals surface area contributed by atoms with Crippen molar-refractivity contribution < 1.29 is 19.1 Å². The predicted octanol–water partition coefficient (Wildman–Crippen LogP) is 5.04. The number of nitrogens with one attached hydrogen (secondary N) is 2. The number of fused-ring (bicyclic) bond motifs is 1. The Bertz CT molecular complexity index is 1270. The number of carbonyl (C=O) groups is 3. The third kappa shape index (κ3) is 5.94. The molecule has 0 spiro atoms. The van der Waals surface area contributed by atoms with E-state index in [1.165, 1.54) is 6.20 Å². The molecule has 2 N–H and O–H groups in total. The van der Waals surface area contributed by atoms with Crippen LogP contribution in [0, 0.1) is 6.92 Å². The van der Waals surface area contributed by atoms with E-state index in [1.54, 1.807) is 55.5 Å². The predicted molar refractivity (Wildman–Crippen MR) is 135 cm³/mol. The van der Waals surface area contributed by atoms with Gasteiger partial charge >= 0.3 is 17.9 Å². The van der Waals surface area contributed by atoms with Crippen molar-refractivity contribution in [2.24, 2.45) is 0 Å². The summed E-state index contributed by atoms with van der Waals surface area (Å²) >= 11 is 1.56. The number of benzene rings is 1. The van der Waals surface area contributed by atoms with E-state index in [-0.39, 0.29) is 6.04 Å². The van der Waals surface area contributed by atoms with Gasteiger partial charge in [-0.3, -0.25) is 14.9 Å². The topological polar surface area (TPSA) is 114 Å². The minimum atomic E-state index is -0.718. The maximum Gasteiger partial charge on any atom is 0.413 e. The number of aromatic nitrogens is 2. The van der Waals surface area contributed by atoms with Gasteiger partial charge in [-0.2, -0.15) is 0 Å². The number of pyridine rings is 1. The molecule has 184 valence electrons. The number of rotatable bonds is 3. The largest absolute Gasteiger partial charge is 0.444 e. The Morgan fingerprint density at radius 1 is 1.11 bits per heavy atom. The quantitative estimate of drug-likeness (QED) is 0.492. The Hall–Kier alpha value is -3.53. The average molecular weight is 496 g/mol. The van der Waals surface area contributed by atoms with Crippen LogP contribution in [-0.2, 0) is 14.3 Å². The summed E-state index contributed by atoms with van der Waals surface area (Å²) < 4.78 is 6.30. The first-order chi connectivity index (χ1) is 16.6. The summed E-state index contributed by atoms with van der Waals surface area (Å²) in [5.41, 5.74) is 4.10. The van der Waals surface area contributed by atoms with Crippen LogP contribution < -0.4 is 10.6 Å². The normalized spacial score (nSPS) is 16.1. The van der Waals surface area contributed by atoms with Gasteiger partial charge in [-0.05, 0) is 76.3 Å². The second-order valence-electron chi connectivity index (χ2n) is 9.56. The molecule has 9 nitrogen and oxygen atoms in total. The molecule has 0 radical (unpaired) electrons. The molecule has 3 heterocycles. The van der Waals surface area contributed by atoms with Crippen LogP contribution in [0.4, 0.5) is 16.3 Å². The lowest BCUT2D eigenvalue weighted by atomic mass is 9.95. The molecular weight excluding hydrogens is 466 g/mol. The maximum absolute atomic E-state index is 13.1. The number of likely N-dealkylation sites (tertiary alicyclic amines) is 1. The number of anilines is 2. The summed E-state index contributed by atoms with van der Waals surface area (Å²) in [6.07, 6.45) is 3.43. The van der Waals surface area contributed by atoms with Crippen LogP contribution in [0.5, 0.6) is 0 Å².